The number of fused-ring (bicyclic) bond motifs is 1. The molecule has 1 fully saturated rings. The number of nitrogens with zero attached hydrogens (tertiary/aromatic N) is 4. The van der Waals surface area contributed by atoms with E-state index in [2.05, 4.69) is 15.1 Å². The van der Waals surface area contributed by atoms with Gasteiger partial charge in [-0.25, -0.2) is 0 Å². The number of nitrogens with one attached hydrogen (secondary N) is 1. The number of carboxylic acids is 2. The second-order valence-electron chi connectivity index (χ2n) is 16.3. The van der Waals surface area contributed by atoms with Gasteiger partial charge in [0.25, 0.3) is 11.8 Å². The van der Waals surface area contributed by atoms with Crippen LogP contribution in [0.25, 0.3) is 10.9 Å². The summed E-state index contributed by atoms with van der Waals surface area (Å²) in [6, 6.07) is 20.1. The Labute approximate surface area is 407 Å². The topological polar surface area (TPSA) is 220 Å². The molecular formula is C51H62ClN5O12-2. The maximum absolute atomic E-state index is 13.6. The molecule has 69 heavy (non-hydrogen) atoms. The van der Waals surface area contributed by atoms with Gasteiger partial charge in [-0.1, -0.05) is 43.6 Å². The minimum absolute atomic E-state index is 0.0222. The van der Waals surface area contributed by atoms with Crippen molar-refractivity contribution in [2.24, 2.45) is 0 Å². The van der Waals surface area contributed by atoms with Crippen LogP contribution >= 0.6 is 11.6 Å². The minimum Gasteiger partial charge on any atom is -0.545 e. The molecule has 0 bridgehead atoms. The van der Waals surface area contributed by atoms with Gasteiger partial charge in [-0.3, -0.25) is 28.5 Å². The summed E-state index contributed by atoms with van der Waals surface area (Å²) < 4.78 is 18.3. The highest BCUT2D eigenvalue weighted by Crippen LogP contribution is 2.31. The fourth-order valence-electron chi connectivity index (χ4n) is 7.83. The van der Waals surface area contributed by atoms with Crippen molar-refractivity contribution in [1.82, 2.24) is 24.6 Å². The van der Waals surface area contributed by atoms with Gasteiger partial charge in [-0.15, -0.1) is 0 Å². The van der Waals surface area contributed by atoms with Crippen LogP contribution in [0.4, 0.5) is 0 Å². The summed E-state index contributed by atoms with van der Waals surface area (Å²) in [5, 5.41) is 23.0. The summed E-state index contributed by atoms with van der Waals surface area (Å²) in [7, 11) is 1.58. The van der Waals surface area contributed by atoms with Crippen molar-refractivity contribution in [3.8, 4) is 5.75 Å². The molecule has 1 aromatic heterocycles. The number of hydrogen-bond acceptors (Lipinski definition) is 14. The second-order valence-corrected chi connectivity index (χ2v) is 16.8. The lowest BCUT2D eigenvalue weighted by molar-refractivity contribution is -0.301. The molecule has 2 heterocycles. The molecule has 372 valence electrons. The smallest absolute Gasteiger partial charge is 0.310 e. The molecule has 5 rings (SSSR count). The number of aromatic nitrogens is 1. The average Bonchev–Trinajstić information content (AvgIpc) is 3.61. The molecule has 1 atom stereocenters. The van der Waals surface area contributed by atoms with Gasteiger partial charge in [0.2, 0.25) is 5.91 Å². The normalized spacial score (nSPS) is 13.2. The number of piperazine rings is 1. The van der Waals surface area contributed by atoms with Crippen LogP contribution in [-0.2, 0) is 39.9 Å². The van der Waals surface area contributed by atoms with Crippen LogP contribution in [-0.4, -0.2) is 140 Å². The number of carbonyl (C=O) groups excluding carboxylic acids is 7. The van der Waals surface area contributed by atoms with Crippen LogP contribution < -0.4 is 20.3 Å². The SMILES string of the molecule is CCCN(CCC)C(=O)C(CCC(=O)OCCCN1CCN(CCCOC(=O)Cc2c(C)n(C(=O)c3ccc(Cl)cc3)c3ccc(OC)cc23)CC1)NC(=O)c1ccccc1.O=C([O-])C=CC(=O)[O-]. The lowest BCUT2D eigenvalue weighted by Crippen LogP contribution is -2.49. The van der Waals surface area contributed by atoms with Gasteiger partial charge in [0.1, 0.15) is 11.8 Å². The van der Waals surface area contributed by atoms with Gasteiger partial charge >= 0.3 is 11.9 Å². The number of methoxy groups -OCH3 is 1. The summed E-state index contributed by atoms with van der Waals surface area (Å²) >= 11 is 6.06. The molecular weight excluding hydrogens is 910 g/mol. The standard InChI is InChI=1S/C47H60ClN5O8.C4H4O4/c1-5-22-52(23-6-2)47(58)41(49-45(56)35-12-8-7-9-13-35)19-21-43(54)60-30-10-24-50-26-28-51(29-27-50)25-11-31-61-44(55)33-39-34(3)53(42-20-18-38(59-4)32-40(39)42)46(57)36-14-16-37(48)17-15-36;5-3(6)1-2-4(7)8/h7-9,12-18,20,32,41H,5-6,10-11,19,21-31,33H2,1-4H3,(H,49,56);1-2H,(H,5,6)(H,7,8)/p-2. The Morgan fingerprint density at radius 2 is 1.33 bits per heavy atom. The van der Waals surface area contributed by atoms with Crippen molar-refractivity contribution in [1.29, 1.82) is 0 Å². The zero-order valence-corrected chi connectivity index (χ0v) is 40.5. The number of amides is 2. The maximum atomic E-state index is 13.6. The first-order chi connectivity index (χ1) is 33.1. The van der Waals surface area contributed by atoms with Crippen LogP contribution in [0.15, 0.2) is 84.9 Å². The number of halogens is 1. The van der Waals surface area contributed by atoms with Crippen molar-refractivity contribution in [3.63, 3.8) is 0 Å². The Morgan fingerprint density at radius 3 is 1.87 bits per heavy atom. The molecule has 0 spiro atoms. The lowest BCUT2D eigenvalue weighted by atomic mass is 10.1. The molecule has 4 aromatic rings. The Hall–Kier alpha value is -6.56. The van der Waals surface area contributed by atoms with Crippen molar-refractivity contribution in [3.05, 3.63) is 112 Å². The van der Waals surface area contributed by atoms with Crippen molar-refractivity contribution >= 4 is 64.1 Å². The molecule has 1 unspecified atom stereocenters. The maximum Gasteiger partial charge on any atom is 0.310 e. The summed E-state index contributed by atoms with van der Waals surface area (Å²) in [4.78, 5) is 91.2. The minimum atomic E-state index is -1.55. The average molecular weight is 973 g/mol. The molecule has 2 amide bonds. The summed E-state index contributed by atoms with van der Waals surface area (Å²) in [5.74, 6) is -3.96. The van der Waals surface area contributed by atoms with E-state index in [0.717, 1.165) is 63.1 Å². The lowest BCUT2D eigenvalue weighted by Gasteiger charge is -2.34. The Balaban J connectivity index is 0.00000119. The van der Waals surface area contributed by atoms with E-state index >= 15 is 0 Å². The van der Waals surface area contributed by atoms with Gasteiger partial charge in [-0.05, 0) is 111 Å². The van der Waals surface area contributed by atoms with Gasteiger partial charge < -0.3 is 54.0 Å². The first-order valence-electron chi connectivity index (χ1n) is 23.1. The third-order valence-corrected chi connectivity index (χ3v) is 11.6. The quantitative estimate of drug-likeness (QED) is 0.0603. The summed E-state index contributed by atoms with van der Waals surface area (Å²) in [5.41, 5.74) is 3.01. The number of hydrogen-bond donors (Lipinski definition) is 1. The predicted octanol–water partition coefficient (Wildman–Crippen LogP) is 3.60. The first kappa shape index (κ1) is 55.0. The molecule has 17 nitrogen and oxygen atoms in total. The molecule has 0 saturated carbocycles. The fourth-order valence-corrected chi connectivity index (χ4v) is 7.95. The van der Waals surface area contributed by atoms with E-state index in [1.54, 1.807) is 71.2 Å². The van der Waals surface area contributed by atoms with Crippen LogP contribution in [0, 0.1) is 6.92 Å². The van der Waals surface area contributed by atoms with E-state index in [4.69, 9.17) is 25.8 Å². The first-order valence-corrected chi connectivity index (χ1v) is 23.5. The van der Waals surface area contributed by atoms with E-state index in [0.29, 0.717) is 77.8 Å². The monoisotopic (exact) mass is 971 g/mol. The van der Waals surface area contributed by atoms with Crippen molar-refractivity contribution in [2.45, 2.75) is 71.8 Å². The summed E-state index contributed by atoms with van der Waals surface area (Å²) in [6.45, 7) is 12.7. The van der Waals surface area contributed by atoms with Gasteiger partial charge in [-0.2, -0.15) is 0 Å². The van der Waals surface area contributed by atoms with Crippen LogP contribution in [0.3, 0.4) is 0 Å². The number of aliphatic carboxylic acids is 2. The number of carbonyl (C=O) groups is 7. The molecule has 0 radical (unpaired) electrons. The molecule has 1 aliphatic heterocycles. The van der Waals surface area contributed by atoms with Gasteiger partial charge in [0, 0.05) is 86.0 Å². The largest absolute Gasteiger partial charge is 0.545 e. The van der Waals surface area contributed by atoms with E-state index in [-0.39, 0.29) is 55.5 Å². The van der Waals surface area contributed by atoms with E-state index in [1.807, 2.05) is 39.0 Å². The number of rotatable bonds is 24. The Kier molecular flexibility index (Phi) is 22.9. The van der Waals surface area contributed by atoms with E-state index in [1.165, 1.54) is 0 Å². The highest BCUT2D eigenvalue weighted by Gasteiger charge is 2.27. The molecule has 18 heteroatoms. The number of carboxylic acid groups (broad SMARTS) is 2. The highest BCUT2D eigenvalue weighted by molar-refractivity contribution is 6.30. The number of benzene rings is 3. The summed E-state index contributed by atoms with van der Waals surface area (Å²) in [6.07, 6.45) is 3.96. The molecule has 3 aromatic carbocycles. The zero-order chi connectivity index (χ0) is 50.3. The van der Waals surface area contributed by atoms with Crippen molar-refractivity contribution < 1.29 is 58.0 Å². The molecule has 1 N–H and O–H groups in total. The van der Waals surface area contributed by atoms with Gasteiger partial charge in [0.15, 0.2) is 0 Å². The van der Waals surface area contributed by atoms with Crippen LogP contribution in [0.2, 0.25) is 5.02 Å². The Morgan fingerprint density at radius 1 is 0.768 bits per heavy atom. The Bertz CT molecular complexity index is 2360. The van der Waals surface area contributed by atoms with Crippen LogP contribution in [0.1, 0.15) is 84.3 Å². The molecule has 1 aliphatic rings. The van der Waals surface area contributed by atoms with Crippen molar-refractivity contribution in [2.75, 3.05) is 72.7 Å². The number of esters is 2. The zero-order valence-electron chi connectivity index (χ0n) is 39.7. The van der Waals surface area contributed by atoms with Crippen LogP contribution in [0.5, 0.6) is 5.75 Å². The highest BCUT2D eigenvalue weighted by atomic mass is 35.5. The predicted molar refractivity (Wildman–Crippen MR) is 255 cm³/mol. The second kappa shape index (κ2) is 28.7. The molecule has 0 aliphatic carbocycles. The molecule has 1 saturated heterocycles. The third-order valence-electron chi connectivity index (χ3n) is 11.3. The van der Waals surface area contributed by atoms with E-state index < -0.39 is 18.0 Å². The fraction of sp³-hybridized carbons (Fsp3) is 0.431. The van der Waals surface area contributed by atoms with E-state index in [9.17, 15) is 43.8 Å². The number of ether oxygens (including phenoxy) is 3. The van der Waals surface area contributed by atoms with Gasteiger partial charge in [0.05, 0.1) is 44.2 Å². The third kappa shape index (κ3) is 17.8.